The van der Waals surface area contributed by atoms with E-state index < -0.39 is 20.9 Å². The van der Waals surface area contributed by atoms with E-state index in [4.69, 9.17) is 4.74 Å². The van der Waals surface area contributed by atoms with Crippen LogP contribution in [-0.2, 0) is 14.8 Å². The standard InChI is InChI=1S/C21H19N3O6S/c1-15-19(8-5-9-20(15)24(26)27)22-21(25)14-30-17-10-12-18(13-11-17)31(28,29)23-16-6-3-2-4-7-16/h2-13,23H,14H2,1H3,(H,22,25). The minimum atomic E-state index is -3.76. The van der Waals surface area contributed by atoms with Gasteiger partial charge in [-0.2, -0.15) is 0 Å². The maximum absolute atomic E-state index is 12.4. The SMILES string of the molecule is Cc1c(NC(=O)COc2ccc(S(=O)(=O)Nc3ccccc3)cc2)cccc1[N+](=O)[O-]. The summed E-state index contributed by atoms with van der Waals surface area (Å²) in [5.41, 5.74) is 0.994. The molecule has 9 nitrogen and oxygen atoms in total. The van der Waals surface area contributed by atoms with Gasteiger partial charge in [-0.15, -0.1) is 0 Å². The first kappa shape index (κ1) is 21.8. The van der Waals surface area contributed by atoms with E-state index in [2.05, 4.69) is 10.0 Å². The summed E-state index contributed by atoms with van der Waals surface area (Å²) in [6, 6.07) is 18.5. The molecule has 3 aromatic carbocycles. The van der Waals surface area contributed by atoms with Crippen LogP contribution >= 0.6 is 0 Å². The quantitative estimate of drug-likeness (QED) is 0.405. The zero-order valence-corrected chi connectivity index (χ0v) is 17.3. The van der Waals surface area contributed by atoms with Gasteiger partial charge in [0.05, 0.1) is 21.1 Å². The van der Waals surface area contributed by atoms with Gasteiger partial charge in [0.1, 0.15) is 5.75 Å². The molecule has 3 rings (SSSR count). The van der Waals surface area contributed by atoms with Crippen LogP contribution in [0, 0.1) is 17.0 Å². The molecule has 0 aromatic heterocycles. The molecule has 0 saturated carbocycles. The van der Waals surface area contributed by atoms with Crippen LogP contribution in [-0.4, -0.2) is 25.9 Å². The lowest BCUT2D eigenvalue weighted by Gasteiger charge is -2.11. The third-order valence-electron chi connectivity index (χ3n) is 4.31. The number of hydrogen-bond donors (Lipinski definition) is 2. The third kappa shape index (κ3) is 5.58. The van der Waals surface area contributed by atoms with E-state index in [-0.39, 0.29) is 17.2 Å². The molecule has 1 amide bonds. The van der Waals surface area contributed by atoms with Crippen LogP contribution in [0.4, 0.5) is 17.1 Å². The van der Waals surface area contributed by atoms with Gasteiger partial charge in [-0.3, -0.25) is 19.6 Å². The summed E-state index contributed by atoms with van der Waals surface area (Å²) in [7, 11) is -3.76. The first-order valence-corrected chi connectivity index (χ1v) is 10.6. The zero-order chi connectivity index (χ0) is 22.4. The van der Waals surface area contributed by atoms with Crippen molar-refractivity contribution in [3.8, 4) is 5.75 Å². The first-order valence-electron chi connectivity index (χ1n) is 9.11. The van der Waals surface area contributed by atoms with E-state index in [1.165, 1.54) is 43.3 Å². The summed E-state index contributed by atoms with van der Waals surface area (Å²) in [5, 5.41) is 13.6. The molecule has 10 heteroatoms. The van der Waals surface area contributed by atoms with Gasteiger partial charge in [0, 0.05) is 11.8 Å². The second kappa shape index (κ2) is 9.26. The molecule has 160 valence electrons. The fraction of sp³-hybridized carbons (Fsp3) is 0.0952. The summed E-state index contributed by atoms with van der Waals surface area (Å²) >= 11 is 0. The van der Waals surface area contributed by atoms with Crippen molar-refractivity contribution in [1.29, 1.82) is 0 Å². The molecule has 0 atom stereocenters. The Labute approximate surface area is 178 Å². The van der Waals surface area contributed by atoms with E-state index in [0.717, 1.165) is 0 Å². The lowest BCUT2D eigenvalue weighted by Crippen LogP contribution is -2.21. The summed E-state index contributed by atoms with van der Waals surface area (Å²) in [6.45, 7) is 1.19. The molecule has 0 unspecified atom stereocenters. The maximum Gasteiger partial charge on any atom is 0.274 e. The van der Waals surface area contributed by atoms with Crippen molar-refractivity contribution in [2.24, 2.45) is 0 Å². The van der Waals surface area contributed by atoms with E-state index in [0.29, 0.717) is 22.7 Å². The minimum absolute atomic E-state index is 0.0420. The van der Waals surface area contributed by atoms with Crippen molar-refractivity contribution < 1.29 is 22.9 Å². The number of rotatable bonds is 8. The molecule has 0 fully saturated rings. The van der Waals surface area contributed by atoms with E-state index in [9.17, 15) is 23.3 Å². The maximum atomic E-state index is 12.4. The highest BCUT2D eigenvalue weighted by molar-refractivity contribution is 7.92. The van der Waals surface area contributed by atoms with Gasteiger partial charge in [0.25, 0.3) is 21.6 Å². The molecule has 0 heterocycles. The average Bonchev–Trinajstić information content (AvgIpc) is 2.74. The third-order valence-corrected chi connectivity index (χ3v) is 5.70. The van der Waals surface area contributed by atoms with Crippen LogP contribution in [0.1, 0.15) is 5.56 Å². The van der Waals surface area contributed by atoms with Crippen LogP contribution in [0.5, 0.6) is 5.75 Å². The Morgan fingerprint density at radius 1 is 1.00 bits per heavy atom. The number of amides is 1. The molecular formula is C21H19N3O6S. The number of ether oxygens (including phenoxy) is 1. The van der Waals surface area contributed by atoms with Gasteiger partial charge in [-0.25, -0.2) is 8.42 Å². The molecule has 0 aliphatic carbocycles. The van der Waals surface area contributed by atoms with Gasteiger partial charge in [0.15, 0.2) is 6.61 Å². The Bertz CT molecular complexity index is 1200. The topological polar surface area (TPSA) is 128 Å². The number of nitro benzene ring substituents is 1. The van der Waals surface area contributed by atoms with Crippen LogP contribution in [0.2, 0.25) is 0 Å². The lowest BCUT2D eigenvalue weighted by molar-refractivity contribution is -0.385. The van der Waals surface area contributed by atoms with E-state index in [1.54, 1.807) is 36.4 Å². The minimum Gasteiger partial charge on any atom is -0.484 e. The summed E-state index contributed by atoms with van der Waals surface area (Å²) < 4.78 is 32.7. The molecule has 3 aromatic rings. The number of carbonyl (C=O) groups excluding carboxylic acids is 1. The fourth-order valence-electron chi connectivity index (χ4n) is 2.73. The molecule has 2 N–H and O–H groups in total. The number of para-hydroxylation sites is 1. The number of nitrogens with one attached hydrogen (secondary N) is 2. The molecule has 31 heavy (non-hydrogen) atoms. The Hall–Kier alpha value is -3.92. The van der Waals surface area contributed by atoms with Crippen molar-refractivity contribution >= 4 is 33.0 Å². The first-order chi connectivity index (χ1) is 14.8. The number of nitrogens with zero attached hydrogens (tertiary/aromatic N) is 1. The van der Waals surface area contributed by atoms with Crippen LogP contribution < -0.4 is 14.8 Å². The van der Waals surface area contributed by atoms with Crippen LogP contribution in [0.25, 0.3) is 0 Å². The molecule has 0 bridgehead atoms. The van der Waals surface area contributed by atoms with Gasteiger partial charge in [-0.05, 0) is 49.4 Å². The number of hydrogen-bond acceptors (Lipinski definition) is 6. The van der Waals surface area contributed by atoms with Crippen molar-refractivity contribution in [2.75, 3.05) is 16.6 Å². The van der Waals surface area contributed by atoms with Crippen molar-refractivity contribution in [1.82, 2.24) is 0 Å². The Morgan fingerprint density at radius 3 is 2.32 bits per heavy atom. The van der Waals surface area contributed by atoms with Gasteiger partial charge >= 0.3 is 0 Å². The summed E-state index contributed by atoms with van der Waals surface area (Å²) in [6.07, 6.45) is 0. The molecule has 0 aliphatic heterocycles. The average molecular weight is 441 g/mol. The predicted octanol–water partition coefficient (Wildman–Crippen LogP) is 3.72. The van der Waals surface area contributed by atoms with E-state index in [1.807, 2.05) is 0 Å². The smallest absolute Gasteiger partial charge is 0.274 e. The Kier molecular flexibility index (Phi) is 6.51. The highest BCUT2D eigenvalue weighted by atomic mass is 32.2. The van der Waals surface area contributed by atoms with Crippen LogP contribution in [0.15, 0.2) is 77.7 Å². The largest absolute Gasteiger partial charge is 0.484 e. The molecule has 0 aliphatic rings. The predicted molar refractivity (Wildman–Crippen MR) is 116 cm³/mol. The van der Waals surface area contributed by atoms with Gasteiger partial charge < -0.3 is 10.1 Å². The zero-order valence-electron chi connectivity index (χ0n) is 16.4. The van der Waals surface area contributed by atoms with E-state index >= 15 is 0 Å². The second-order valence-corrected chi connectivity index (χ2v) is 8.17. The number of carbonyl (C=O) groups is 1. The highest BCUT2D eigenvalue weighted by Crippen LogP contribution is 2.25. The Morgan fingerprint density at radius 2 is 1.68 bits per heavy atom. The molecular weight excluding hydrogens is 422 g/mol. The molecule has 0 saturated heterocycles. The summed E-state index contributed by atoms with van der Waals surface area (Å²) in [5.74, 6) is -0.212. The van der Waals surface area contributed by atoms with Crippen molar-refractivity contribution in [3.05, 3.63) is 88.5 Å². The highest BCUT2D eigenvalue weighted by Gasteiger charge is 2.16. The number of nitro groups is 1. The number of anilines is 2. The summed E-state index contributed by atoms with van der Waals surface area (Å²) in [4.78, 5) is 22.6. The Balaban J connectivity index is 1.60. The number of benzene rings is 3. The normalized spacial score (nSPS) is 10.9. The van der Waals surface area contributed by atoms with Gasteiger partial charge in [0.2, 0.25) is 0 Å². The lowest BCUT2D eigenvalue weighted by atomic mass is 10.1. The number of sulfonamides is 1. The second-order valence-electron chi connectivity index (χ2n) is 6.49. The van der Waals surface area contributed by atoms with Crippen LogP contribution in [0.3, 0.4) is 0 Å². The van der Waals surface area contributed by atoms with Gasteiger partial charge in [-0.1, -0.05) is 24.3 Å². The molecule has 0 radical (unpaired) electrons. The van der Waals surface area contributed by atoms with Crippen molar-refractivity contribution in [3.63, 3.8) is 0 Å². The monoisotopic (exact) mass is 441 g/mol. The van der Waals surface area contributed by atoms with Crippen molar-refractivity contribution in [2.45, 2.75) is 11.8 Å². The molecule has 0 spiro atoms. The fourth-order valence-corrected chi connectivity index (χ4v) is 3.79.